The van der Waals surface area contributed by atoms with E-state index in [4.69, 9.17) is 11.6 Å². The zero-order valence-corrected chi connectivity index (χ0v) is 17.2. The molecule has 0 bridgehead atoms. The Kier molecular flexibility index (Phi) is 6.51. The van der Waals surface area contributed by atoms with Crippen LogP contribution >= 0.6 is 34.7 Å². The first-order chi connectivity index (χ1) is 13.0. The fourth-order valence-electron chi connectivity index (χ4n) is 2.50. The predicted molar refractivity (Wildman–Crippen MR) is 109 cm³/mol. The molecule has 1 aromatic carbocycles. The van der Waals surface area contributed by atoms with Gasteiger partial charge in [-0.2, -0.15) is 0 Å². The number of thioether (sulfide) groups is 1. The van der Waals surface area contributed by atoms with Crippen LogP contribution in [0.2, 0.25) is 5.02 Å². The standard InChI is InChI=1S/C18H18ClFN4OS2/c1-3-6-24-17(12-7-11(2)26-9-12)22-23-18(24)27-10-16(25)21-13-4-5-15(20)14(19)8-13/h4-5,7-9H,3,6,10H2,1-2H3,(H,21,25). The van der Waals surface area contributed by atoms with Crippen LogP contribution in [0.25, 0.3) is 11.4 Å². The lowest BCUT2D eigenvalue weighted by Crippen LogP contribution is -2.14. The van der Waals surface area contributed by atoms with Crippen molar-refractivity contribution in [2.24, 2.45) is 0 Å². The van der Waals surface area contributed by atoms with Crippen LogP contribution in [0.5, 0.6) is 0 Å². The molecule has 9 heteroatoms. The zero-order chi connectivity index (χ0) is 19.4. The van der Waals surface area contributed by atoms with Gasteiger partial charge in [0.1, 0.15) is 5.82 Å². The number of benzene rings is 1. The number of nitrogens with zero attached hydrogens (tertiary/aromatic N) is 3. The zero-order valence-electron chi connectivity index (χ0n) is 14.8. The summed E-state index contributed by atoms with van der Waals surface area (Å²) in [5.74, 6) is 0.239. The highest BCUT2D eigenvalue weighted by molar-refractivity contribution is 7.99. The third-order valence-corrected chi connectivity index (χ3v) is 5.81. The van der Waals surface area contributed by atoms with Gasteiger partial charge in [-0.25, -0.2) is 4.39 Å². The number of carbonyl (C=O) groups is 1. The summed E-state index contributed by atoms with van der Waals surface area (Å²) in [5.41, 5.74) is 1.49. The molecule has 2 heterocycles. The molecular weight excluding hydrogens is 407 g/mol. The van der Waals surface area contributed by atoms with Gasteiger partial charge in [0.05, 0.1) is 10.8 Å². The average Bonchev–Trinajstić information content (AvgIpc) is 3.23. The van der Waals surface area contributed by atoms with Crippen molar-refractivity contribution in [2.75, 3.05) is 11.1 Å². The molecule has 3 rings (SSSR count). The highest BCUT2D eigenvalue weighted by Crippen LogP contribution is 2.28. The molecule has 0 saturated carbocycles. The Bertz CT molecular complexity index is 957. The number of amides is 1. The molecule has 1 N–H and O–H groups in total. The van der Waals surface area contributed by atoms with Crippen molar-refractivity contribution in [1.82, 2.24) is 14.8 Å². The van der Waals surface area contributed by atoms with E-state index < -0.39 is 5.82 Å². The van der Waals surface area contributed by atoms with Gasteiger partial charge in [0.15, 0.2) is 11.0 Å². The molecule has 0 aliphatic carbocycles. The fraction of sp³-hybridized carbons (Fsp3) is 0.278. The van der Waals surface area contributed by atoms with E-state index in [1.54, 1.807) is 11.3 Å². The smallest absolute Gasteiger partial charge is 0.234 e. The number of hydrogen-bond donors (Lipinski definition) is 1. The van der Waals surface area contributed by atoms with Gasteiger partial charge in [0.25, 0.3) is 0 Å². The van der Waals surface area contributed by atoms with Gasteiger partial charge >= 0.3 is 0 Å². The van der Waals surface area contributed by atoms with Gasteiger partial charge < -0.3 is 9.88 Å². The summed E-state index contributed by atoms with van der Waals surface area (Å²) in [7, 11) is 0. The topological polar surface area (TPSA) is 59.8 Å². The van der Waals surface area contributed by atoms with Crippen LogP contribution in [0.3, 0.4) is 0 Å². The molecule has 1 amide bonds. The second-order valence-corrected chi connectivity index (χ2v) is 8.33. The minimum atomic E-state index is -0.520. The van der Waals surface area contributed by atoms with Gasteiger partial charge in [-0.05, 0) is 37.6 Å². The van der Waals surface area contributed by atoms with Crippen molar-refractivity contribution in [3.8, 4) is 11.4 Å². The molecule has 0 aliphatic rings. The lowest BCUT2D eigenvalue weighted by atomic mass is 10.3. The van der Waals surface area contributed by atoms with Crippen molar-refractivity contribution < 1.29 is 9.18 Å². The normalized spacial score (nSPS) is 11.0. The molecule has 27 heavy (non-hydrogen) atoms. The minimum Gasteiger partial charge on any atom is -0.325 e. The second-order valence-electron chi connectivity index (χ2n) is 5.87. The number of hydrogen-bond acceptors (Lipinski definition) is 5. The summed E-state index contributed by atoms with van der Waals surface area (Å²) >= 11 is 8.72. The van der Waals surface area contributed by atoms with Crippen LogP contribution in [0.1, 0.15) is 18.2 Å². The molecule has 0 spiro atoms. The van der Waals surface area contributed by atoms with Crippen molar-refractivity contribution in [1.29, 1.82) is 0 Å². The van der Waals surface area contributed by atoms with Crippen LogP contribution in [-0.4, -0.2) is 26.4 Å². The number of aromatic nitrogens is 3. The van der Waals surface area contributed by atoms with Crippen molar-refractivity contribution in [2.45, 2.75) is 32.0 Å². The van der Waals surface area contributed by atoms with E-state index in [-0.39, 0.29) is 16.7 Å². The summed E-state index contributed by atoms with van der Waals surface area (Å²) in [6, 6.07) is 6.16. The third kappa shape index (κ3) is 4.88. The van der Waals surface area contributed by atoms with Crippen molar-refractivity contribution in [3.05, 3.63) is 45.4 Å². The van der Waals surface area contributed by atoms with Crippen LogP contribution < -0.4 is 5.32 Å². The lowest BCUT2D eigenvalue weighted by Gasteiger charge is -2.08. The molecule has 0 aliphatic heterocycles. The third-order valence-electron chi connectivity index (χ3n) is 3.69. The molecule has 5 nitrogen and oxygen atoms in total. The van der Waals surface area contributed by atoms with E-state index >= 15 is 0 Å². The summed E-state index contributed by atoms with van der Waals surface area (Å²) in [5, 5.41) is 14.0. The van der Waals surface area contributed by atoms with Crippen LogP contribution in [0, 0.1) is 12.7 Å². The average molecular weight is 425 g/mol. The SMILES string of the molecule is CCCn1c(SCC(=O)Nc2ccc(F)c(Cl)c2)nnc1-c1csc(C)c1. The Morgan fingerprint density at radius 1 is 1.37 bits per heavy atom. The van der Waals surface area contributed by atoms with E-state index in [1.165, 1.54) is 34.8 Å². The highest BCUT2D eigenvalue weighted by atomic mass is 35.5. The monoisotopic (exact) mass is 424 g/mol. The number of rotatable bonds is 7. The Morgan fingerprint density at radius 3 is 2.85 bits per heavy atom. The maximum Gasteiger partial charge on any atom is 0.234 e. The molecule has 0 fully saturated rings. The summed E-state index contributed by atoms with van der Waals surface area (Å²) in [6.45, 7) is 4.91. The van der Waals surface area contributed by atoms with Crippen LogP contribution in [0.4, 0.5) is 10.1 Å². The molecular formula is C18H18ClFN4OS2. The van der Waals surface area contributed by atoms with Crippen LogP contribution in [0.15, 0.2) is 34.8 Å². The maximum atomic E-state index is 13.2. The van der Waals surface area contributed by atoms with E-state index in [0.717, 1.165) is 24.4 Å². The number of anilines is 1. The fourth-order valence-corrected chi connectivity index (χ4v) is 4.12. The quantitative estimate of drug-likeness (QED) is 0.526. The molecule has 3 aromatic rings. The Labute approximate surface area is 170 Å². The highest BCUT2D eigenvalue weighted by Gasteiger charge is 2.16. The summed E-state index contributed by atoms with van der Waals surface area (Å²) in [4.78, 5) is 13.4. The summed E-state index contributed by atoms with van der Waals surface area (Å²) < 4.78 is 15.2. The number of carbonyl (C=O) groups excluding carboxylic acids is 1. The number of thiophene rings is 1. The maximum absolute atomic E-state index is 13.2. The van der Waals surface area contributed by atoms with Gasteiger partial charge in [0.2, 0.25) is 5.91 Å². The van der Waals surface area contributed by atoms with Crippen molar-refractivity contribution >= 4 is 46.3 Å². The first kappa shape index (κ1) is 19.9. The van der Waals surface area contributed by atoms with Gasteiger partial charge in [-0.1, -0.05) is 30.3 Å². The van der Waals surface area contributed by atoms with Gasteiger partial charge in [0, 0.05) is 28.1 Å². The summed E-state index contributed by atoms with van der Waals surface area (Å²) in [6.07, 6.45) is 0.933. The molecule has 0 radical (unpaired) electrons. The molecule has 0 unspecified atom stereocenters. The Morgan fingerprint density at radius 2 is 2.19 bits per heavy atom. The first-order valence-electron chi connectivity index (χ1n) is 8.34. The van der Waals surface area contributed by atoms with E-state index in [1.807, 2.05) is 4.57 Å². The number of nitrogens with one attached hydrogen (secondary N) is 1. The lowest BCUT2D eigenvalue weighted by molar-refractivity contribution is -0.113. The molecule has 0 atom stereocenters. The molecule has 0 saturated heterocycles. The Hall–Kier alpha value is -1.90. The van der Waals surface area contributed by atoms with E-state index in [9.17, 15) is 9.18 Å². The second kappa shape index (κ2) is 8.86. The van der Waals surface area contributed by atoms with Gasteiger partial charge in [-0.15, -0.1) is 21.5 Å². The number of aryl methyl sites for hydroxylation is 1. The van der Waals surface area contributed by atoms with Crippen LogP contribution in [-0.2, 0) is 11.3 Å². The number of halogens is 2. The van der Waals surface area contributed by atoms with Crippen molar-refractivity contribution in [3.63, 3.8) is 0 Å². The Balaban J connectivity index is 1.69. The molecule has 2 aromatic heterocycles. The predicted octanol–water partition coefficient (Wildman–Crippen LogP) is 5.25. The first-order valence-corrected chi connectivity index (χ1v) is 10.6. The largest absolute Gasteiger partial charge is 0.325 e. The minimum absolute atomic E-state index is 0.0289. The van der Waals surface area contributed by atoms with E-state index in [0.29, 0.717) is 10.8 Å². The van der Waals surface area contributed by atoms with E-state index in [2.05, 4.69) is 40.8 Å². The molecule has 142 valence electrons. The van der Waals surface area contributed by atoms with Gasteiger partial charge in [-0.3, -0.25) is 4.79 Å².